The van der Waals surface area contributed by atoms with E-state index in [0.29, 0.717) is 10.1 Å². The number of aryl methyl sites for hydroxylation is 1. The summed E-state index contributed by atoms with van der Waals surface area (Å²) in [5.41, 5.74) is 5.43. The minimum atomic E-state index is -0.0953. The van der Waals surface area contributed by atoms with Crippen LogP contribution in [0.3, 0.4) is 0 Å². The summed E-state index contributed by atoms with van der Waals surface area (Å²) in [6.45, 7) is 2.13. The number of hydrogen-bond acceptors (Lipinski definition) is 2. The van der Waals surface area contributed by atoms with Crippen molar-refractivity contribution in [3.8, 4) is 5.69 Å². The fourth-order valence-electron chi connectivity index (χ4n) is 4.22. The molecule has 0 amide bonds. The van der Waals surface area contributed by atoms with Crippen LogP contribution in [0.25, 0.3) is 5.69 Å². The molecule has 2 aromatic heterocycles. The van der Waals surface area contributed by atoms with Crippen molar-refractivity contribution < 1.29 is 0 Å². The quantitative estimate of drug-likeness (QED) is 0.391. The number of halogens is 1. The third-order valence-corrected chi connectivity index (χ3v) is 6.23. The molecule has 1 fully saturated rings. The molecule has 0 aliphatic carbocycles. The molecule has 154 valence electrons. The Bertz CT molecular complexity index is 1220. The molecule has 1 N–H and O–H groups in total. The van der Waals surface area contributed by atoms with Crippen LogP contribution in [0.15, 0.2) is 91.3 Å². The van der Waals surface area contributed by atoms with Crippen LogP contribution in [-0.4, -0.2) is 14.7 Å². The van der Waals surface area contributed by atoms with Crippen LogP contribution >= 0.6 is 23.8 Å². The molecule has 31 heavy (non-hydrogen) atoms. The van der Waals surface area contributed by atoms with E-state index in [0.717, 1.165) is 22.8 Å². The maximum Gasteiger partial charge on any atom is 0.174 e. The van der Waals surface area contributed by atoms with Gasteiger partial charge in [-0.1, -0.05) is 35.9 Å². The van der Waals surface area contributed by atoms with Gasteiger partial charge in [-0.05, 0) is 79.3 Å². The number of thiocarbonyl (C=S) groups is 1. The van der Waals surface area contributed by atoms with Gasteiger partial charge in [-0.25, -0.2) is 0 Å². The Kier molecular flexibility index (Phi) is 5.22. The van der Waals surface area contributed by atoms with E-state index < -0.39 is 0 Å². The lowest BCUT2D eigenvalue weighted by Gasteiger charge is -2.29. The average Bonchev–Trinajstić information content (AvgIpc) is 3.39. The highest BCUT2D eigenvalue weighted by Gasteiger charge is 2.42. The summed E-state index contributed by atoms with van der Waals surface area (Å²) in [4.78, 5) is 6.80. The standard InChI is InChI=1S/C25H21ClN4S/c1-17-7-2-3-9-21(17)29-16-6-10-22(29)24-23(20-8-4-5-15-27-20)28-25(31)30(24)19-13-11-18(26)12-14-19/h2-16,23-24H,1H3,(H,28,31)/t23-,24-/m1/s1. The first-order valence-electron chi connectivity index (χ1n) is 10.1. The van der Waals surface area contributed by atoms with Crippen LogP contribution in [0.2, 0.25) is 5.02 Å². The molecule has 5 rings (SSSR count). The maximum atomic E-state index is 6.16. The van der Waals surface area contributed by atoms with Crippen molar-refractivity contribution in [2.24, 2.45) is 0 Å². The fraction of sp³-hybridized carbons (Fsp3) is 0.120. The Hall–Kier alpha value is -3.15. The van der Waals surface area contributed by atoms with Crippen LogP contribution in [-0.2, 0) is 0 Å². The van der Waals surface area contributed by atoms with Crippen molar-refractivity contribution in [3.05, 3.63) is 113 Å². The van der Waals surface area contributed by atoms with Gasteiger partial charge in [0.1, 0.15) is 6.04 Å². The zero-order valence-electron chi connectivity index (χ0n) is 16.9. The number of benzene rings is 2. The number of rotatable bonds is 4. The molecule has 2 atom stereocenters. The molecule has 0 unspecified atom stereocenters. The molecule has 4 nitrogen and oxygen atoms in total. The molecule has 4 aromatic rings. The van der Waals surface area contributed by atoms with Crippen molar-refractivity contribution in [3.63, 3.8) is 0 Å². The second-order valence-electron chi connectivity index (χ2n) is 7.56. The van der Waals surface area contributed by atoms with Crippen LogP contribution < -0.4 is 10.2 Å². The van der Waals surface area contributed by atoms with E-state index >= 15 is 0 Å². The lowest BCUT2D eigenvalue weighted by atomic mass is 10.0. The molecule has 1 aliphatic rings. The summed E-state index contributed by atoms with van der Waals surface area (Å²) in [5.74, 6) is 0. The maximum absolute atomic E-state index is 6.16. The Balaban J connectivity index is 1.68. The number of anilines is 1. The Morgan fingerprint density at radius 1 is 0.935 bits per heavy atom. The van der Waals surface area contributed by atoms with Crippen molar-refractivity contribution >= 4 is 34.6 Å². The van der Waals surface area contributed by atoms with E-state index in [4.69, 9.17) is 23.8 Å². The number of para-hydroxylation sites is 1. The van der Waals surface area contributed by atoms with Gasteiger partial charge in [0, 0.05) is 34.5 Å². The third-order valence-electron chi connectivity index (χ3n) is 5.66. The topological polar surface area (TPSA) is 33.1 Å². The predicted octanol–water partition coefficient (Wildman–Crippen LogP) is 6.01. The van der Waals surface area contributed by atoms with Gasteiger partial charge in [0.15, 0.2) is 5.11 Å². The molecule has 3 heterocycles. The Morgan fingerprint density at radius 3 is 2.45 bits per heavy atom. The normalized spacial score (nSPS) is 18.3. The highest BCUT2D eigenvalue weighted by atomic mass is 35.5. The summed E-state index contributed by atoms with van der Waals surface area (Å²) in [6, 6.07) is 26.2. The minimum Gasteiger partial charge on any atom is -0.351 e. The van der Waals surface area contributed by atoms with Crippen molar-refractivity contribution in [1.82, 2.24) is 14.9 Å². The first-order valence-corrected chi connectivity index (χ1v) is 10.9. The van der Waals surface area contributed by atoms with Gasteiger partial charge in [-0.2, -0.15) is 0 Å². The molecule has 0 spiro atoms. The summed E-state index contributed by atoms with van der Waals surface area (Å²) in [7, 11) is 0. The van der Waals surface area contributed by atoms with Crippen molar-refractivity contribution in [2.75, 3.05) is 4.90 Å². The van der Waals surface area contributed by atoms with Gasteiger partial charge in [-0.15, -0.1) is 0 Å². The average molecular weight is 445 g/mol. The monoisotopic (exact) mass is 444 g/mol. The SMILES string of the molecule is Cc1ccccc1-n1cccc1[C@@H]1[C@@H](c2ccccn2)NC(=S)N1c1ccc(Cl)cc1. The molecule has 0 saturated carbocycles. The summed E-state index contributed by atoms with van der Waals surface area (Å²) in [6.07, 6.45) is 3.93. The van der Waals surface area contributed by atoms with Crippen LogP contribution in [0.4, 0.5) is 5.69 Å². The zero-order valence-corrected chi connectivity index (χ0v) is 18.5. The highest BCUT2D eigenvalue weighted by Crippen LogP contribution is 2.42. The van der Waals surface area contributed by atoms with Gasteiger partial charge >= 0.3 is 0 Å². The Morgan fingerprint density at radius 2 is 1.71 bits per heavy atom. The van der Waals surface area contributed by atoms with Crippen LogP contribution in [0, 0.1) is 6.92 Å². The number of hydrogen-bond donors (Lipinski definition) is 1. The Labute approximate surface area is 192 Å². The smallest absolute Gasteiger partial charge is 0.174 e. The summed E-state index contributed by atoms with van der Waals surface area (Å²) < 4.78 is 2.24. The van der Waals surface area contributed by atoms with Gasteiger partial charge in [-0.3, -0.25) is 4.98 Å². The van der Waals surface area contributed by atoms with E-state index in [1.807, 2.05) is 48.7 Å². The van der Waals surface area contributed by atoms with E-state index in [1.165, 1.54) is 5.56 Å². The highest BCUT2D eigenvalue weighted by molar-refractivity contribution is 7.80. The first-order chi connectivity index (χ1) is 15.1. The molecule has 6 heteroatoms. The largest absolute Gasteiger partial charge is 0.351 e. The van der Waals surface area contributed by atoms with Crippen LogP contribution in [0.5, 0.6) is 0 Å². The number of nitrogens with zero attached hydrogens (tertiary/aromatic N) is 3. The number of nitrogens with one attached hydrogen (secondary N) is 1. The molecular weight excluding hydrogens is 424 g/mol. The molecule has 1 aliphatic heterocycles. The van der Waals surface area contributed by atoms with Crippen molar-refractivity contribution in [1.29, 1.82) is 0 Å². The second-order valence-corrected chi connectivity index (χ2v) is 8.39. The van der Waals surface area contributed by atoms with Gasteiger partial charge < -0.3 is 14.8 Å². The zero-order chi connectivity index (χ0) is 21.4. The van der Waals surface area contributed by atoms with Gasteiger partial charge in [0.25, 0.3) is 0 Å². The summed E-state index contributed by atoms with van der Waals surface area (Å²) >= 11 is 12.0. The molecule has 0 bridgehead atoms. The minimum absolute atomic E-state index is 0.0850. The van der Waals surface area contributed by atoms with E-state index in [2.05, 4.69) is 69.3 Å². The van der Waals surface area contributed by atoms with Crippen molar-refractivity contribution in [2.45, 2.75) is 19.0 Å². The fourth-order valence-corrected chi connectivity index (χ4v) is 4.70. The van der Waals surface area contributed by atoms with Gasteiger partial charge in [0.2, 0.25) is 0 Å². The first kappa shape index (κ1) is 19.8. The van der Waals surface area contributed by atoms with E-state index in [9.17, 15) is 0 Å². The lowest BCUT2D eigenvalue weighted by Crippen LogP contribution is -2.30. The molecule has 1 saturated heterocycles. The number of aromatic nitrogens is 2. The molecule has 2 aromatic carbocycles. The number of pyridine rings is 1. The predicted molar refractivity (Wildman–Crippen MR) is 130 cm³/mol. The third kappa shape index (κ3) is 3.60. The second kappa shape index (κ2) is 8.17. The van der Waals surface area contributed by atoms with Crippen LogP contribution in [0.1, 0.15) is 29.0 Å². The summed E-state index contributed by atoms with van der Waals surface area (Å²) in [5, 5.41) is 4.88. The molecule has 0 radical (unpaired) electrons. The van der Waals surface area contributed by atoms with E-state index in [-0.39, 0.29) is 12.1 Å². The van der Waals surface area contributed by atoms with E-state index in [1.54, 1.807) is 0 Å². The lowest BCUT2D eigenvalue weighted by molar-refractivity contribution is 0.549. The van der Waals surface area contributed by atoms with Gasteiger partial charge in [0.05, 0.1) is 11.7 Å². The molecular formula is C25H21ClN4S.